The topological polar surface area (TPSA) is 64.1 Å². The number of benzene rings is 1. The normalized spacial score (nSPS) is 25.7. The number of aliphatic imine (C=N–C) groups is 1. The molecule has 3 rings (SSSR count). The summed E-state index contributed by atoms with van der Waals surface area (Å²) < 4.78 is 16.6. The predicted molar refractivity (Wildman–Crippen MR) is 112 cm³/mol. The van der Waals surface area contributed by atoms with Gasteiger partial charge >= 0.3 is 0 Å². The molecule has 3 atom stereocenters. The predicted octanol–water partition coefficient (Wildman–Crippen LogP) is 2.97. The van der Waals surface area contributed by atoms with Gasteiger partial charge in [-0.15, -0.1) is 0 Å². The second-order valence-electron chi connectivity index (χ2n) is 8.18. The van der Waals surface area contributed by atoms with Gasteiger partial charge in [-0.05, 0) is 37.5 Å². The lowest BCUT2D eigenvalue weighted by molar-refractivity contribution is -0.106. The van der Waals surface area contributed by atoms with Crippen molar-refractivity contribution in [2.75, 3.05) is 33.5 Å². The van der Waals surface area contributed by atoms with Crippen molar-refractivity contribution in [1.29, 1.82) is 0 Å². The zero-order valence-corrected chi connectivity index (χ0v) is 17.7. The zero-order valence-electron chi connectivity index (χ0n) is 17.7. The molecule has 1 aromatic carbocycles. The maximum Gasteiger partial charge on any atom is 0.191 e. The first kappa shape index (κ1) is 20.9. The van der Waals surface area contributed by atoms with E-state index < -0.39 is 0 Å². The molecule has 1 aromatic rings. The van der Waals surface area contributed by atoms with E-state index in [-0.39, 0.29) is 5.41 Å². The van der Waals surface area contributed by atoms with Gasteiger partial charge in [0, 0.05) is 43.7 Å². The highest BCUT2D eigenvalue weighted by molar-refractivity contribution is 5.80. The van der Waals surface area contributed by atoms with Crippen LogP contribution in [0.2, 0.25) is 0 Å². The Labute approximate surface area is 169 Å². The van der Waals surface area contributed by atoms with Crippen molar-refractivity contribution in [3.63, 3.8) is 0 Å². The third-order valence-electron chi connectivity index (χ3n) is 5.93. The molecule has 2 fully saturated rings. The minimum Gasteiger partial charge on any atom is -0.497 e. The molecule has 156 valence electrons. The van der Waals surface area contributed by atoms with Gasteiger partial charge in [0.05, 0.1) is 19.8 Å². The summed E-state index contributed by atoms with van der Waals surface area (Å²) in [5.74, 6) is 2.31. The van der Waals surface area contributed by atoms with Crippen LogP contribution in [0.5, 0.6) is 5.75 Å². The summed E-state index contributed by atoms with van der Waals surface area (Å²) in [5.41, 5.74) is 1.28. The molecule has 6 nitrogen and oxygen atoms in total. The average molecular weight is 390 g/mol. The molecule has 1 aliphatic heterocycles. The van der Waals surface area contributed by atoms with Crippen LogP contribution in [0.3, 0.4) is 0 Å². The van der Waals surface area contributed by atoms with Gasteiger partial charge in [-0.2, -0.15) is 0 Å². The van der Waals surface area contributed by atoms with Crippen molar-refractivity contribution in [2.45, 2.75) is 52.3 Å². The molecule has 0 spiro atoms. The van der Waals surface area contributed by atoms with E-state index in [1.54, 1.807) is 7.11 Å². The molecule has 0 amide bonds. The molecule has 2 N–H and O–H groups in total. The first-order chi connectivity index (χ1) is 13.6. The van der Waals surface area contributed by atoms with Gasteiger partial charge in [0.25, 0.3) is 0 Å². The van der Waals surface area contributed by atoms with Crippen LogP contribution in [0.4, 0.5) is 0 Å². The summed E-state index contributed by atoms with van der Waals surface area (Å²) in [4.78, 5) is 4.84. The Balaban J connectivity index is 1.62. The van der Waals surface area contributed by atoms with Crippen molar-refractivity contribution in [2.24, 2.45) is 16.3 Å². The molecule has 2 aliphatic rings. The third-order valence-corrected chi connectivity index (χ3v) is 5.93. The molecule has 3 unspecified atom stereocenters. The summed E-state index contributed by atoms with van der Waals surface area (Å²) in [5, 5.41) is 7.17. The number of hydrogen-bond donors (Lipinski definition) is 2. The Bertz CT molecular complexity index is 645. The van der Waals surface area contributed by atoms with Crippen molar-refractivity contribution in [3.05, 3.63) is 29.8 Å². The van der Waals surface area contributed by atoms with E-state index in [1.165, 1.54) is 0 Å². The maximum atomic E-state index is 5.93. The van der Waals surface area contributed by atoms with Gasteiger partial charge in [0.15, 0.2) is 5.96 Å². The summed E-state index contributed by atoms with van der Waals surface area (Å²) in [6.45, 7) is 10.5. The number of guanidine groups is 1. The summed E-state index contributed by atoms with van der Waals surface area (Å²) in [6.07, 6.45) is 2.45. The fourth-order valence-corrected chi connectivity index (χ4v) is 4.34. The van der Waals surface area contributed by atoms with Crippen LogP contribution in [0.25, 0.3) is 0 Å². The second-order valence-corrected chi connectivity index (χ2v) is 8.18. The van der Waals surface area contributed by atoms with Crippen molar-refractivity contribution in [3.8, 4) is 5.75 Å². The molecule has 1 heterocycles. The van der Waals surface area contributed by atoms with Crippen molar-refractivity contribution in [1.82, 2.24) is 10.6 Å². The second kappa shape index (κ2) is 9.61. The SMILES string of the molecule is CCOCCCNC(=NCc1ccc(OC)cc1)NC1C2CCOC2C1(C)C. The number of ether oxygens (including phenoxy) is 3. The number of hydrogen-bond acceptors (Lipinski definition) is 4. The first-order valence-corrected chi connectivity index (χ1v) is 10.4. The Morgan fingerprint density at radius 1 is 1.29 bits per heavy atom. The molecule has 28 heavy (non-hydrogen) atoms. The number of rotatable bonds is 9. The summed E-state index contributed by atoms with van der Waals surface area (Å²) >= 11 is 0. The maximum absolute atomic E-state index is 5.93. The fourth-order valence-electron chi connectivity index (χ4n) is 4.34. The molecule has 0 bridgehead atoms. The van der Waals surface area contributed by atoms with E-state index in [2.05, 4.69) is 36.6 Å². The van der Waals surface area contributed by atoms with Crippen LogP contribution in [0, 0.1) is 11.3 Å². The van der Waals surface area contributed by atoms with Crippen molar-refractivity contribution < 1.29 is 14.2 Å². The van der Waals surface area contributed by atoms with Gasteiger partial charge in [-0.1, -0.05) is 26.0 Å². The lowest BCUT2D eigenvalue weighted by Gasteiger charge is -2.54. The standard InChI is InChI=1S/C22H35N3O3/c1-5-27-13-6-12-23-21(24-15-16-7-9-17(26-4)10-8-16)25-19-18-11-14-28-20(18)22(19,2)3/h7-10,18-20H,5-6,11-15H2,1-4H3,(H2,23,24,25). The monoisotopic (exact) mass is 389 g/mol. The third kappa shape index (κ3) is 4.78. The van der Waals surface area contributed by atoms with Crippen LogP contribution in [-0.4, -0.2) is 51.6 Å². The van der Waals surface area contributed by atoms with E-state index in [0.29, 0.717) is 24.6 Å². The van der Waals surface area contributed by atoms with Crippen LogP contribution in [0.15, 0.2) is 29.3 Å². The van der Waals surface area contributed by atoms with E-state index in [1.807, 2.05) is 19.1 Å². The molecule has 1 saturated carbocycles. The summed E-state index contributed by atoms with van der Waals surface area (Å²) in [6, 6.07) is 8.45. The molecule has 1 saturated heterocycles. The molecule has 0 aromatic heterocycles. The molecular formula is C22H35N3O3. The highest BCUT2D eigenvalue weighted by Gasteiger charge is 2.59. The zero-order chi connectivity index (χ0) is 20.0. The van der Waals surface area contributed by atoms with Crippen LogP contribution in [0.1, 0.15) is 39.2 Å². The average Bonchev–Trinajstić information content (AvgIpc) is 3.17. The van der Waals surface area contributed by atoms with Crippen LogP contribution >= 0.6 is 0 Å². The van der Waals surface area contributed by atoms with Gasteiger partial charge in [-0.25, -0.2) is 4.99 Å². The number of fused-ring (bicyclic) bond motifs is 1. The van der Waals surface area contributed by atoms with Gasteiger partial charge in [0.1, 0.15) is 5.75 Å². The Kier molecular flexibility index (Phi) is 7.18. The Morgan fingerprint density at radius 2 is 2.07 bits per heavy atom. The van der Waals surface area contributed by atoms with E-state index in [4.69, 9.17) is 19.2 Å². The highest BCUT2D eigenvalue weighted by atomic mass is 16.5. The minimum atomic E-state index is 0.120. The van der Waals surface area contributed by atoms with Gasteiger partial charge in [0.2, 0.25) is 0 Å². The number of nitrogens with one attached hydrogen (secondary N) is 2. The van der Waals surface area contributed by atoms with E-state index in [0.717, 1.165) is 56.5 Å². The summed E-state index contributed by atoms with van der Waals surface area (Å²) in [7, 11) is 1.68. The highest BCUT2D eigenvalue weighted by Crippen LogP contribution is 2.52. The van der Waals surface area contributed by atoms with Gasteiger partial charge < -0.3 is 24.8 Å². The lowest BCUT2D eigenvalue weighted by Crippen LogP contribution is -2.68. The molecular weight excluding hydrogens is 354 g/mol. The van der Waals surface area contributed by atoms with Gasteiger partial charge in [-0.3, -0.25) is 0 Å². The largest absolute Gasteiger partial charge is 0.497 e. The number of nitrogens with zero attached hydrogens (tertiary/aromatic N) is 1. The fraction of sp³-hybridized carbons (Fsp3) is 0.682. The van der Waals surface area contributed by atoms with Crippen LogP contribution < -0.4 is 15.4 Å². The Morgan fingerprint density at radius 3 is 2.79 bits per heavy atom. The Hall–Kier alpha value is -1.79. The van der Waals surface area contributed by atoms with Crippen molar-refractivity contribution >= 4 is 5.96 Å². The van der Waals surface area contributed by atoms with E-state index in [9.17, 15) is 0 Å². The minimum absolute atomic E-state index is 0.120. The smallest absolute Gasteiger partial charge is 0.191 e. The number of methoxy groups -OCH3 is 1. The molecule has 6 heteroatoms. The van der Waals surface area contributed by atoms with E-state index >= 15 is 0 Å². The van der Waals surface area contributed by atoms with Crippen LogP contribution in [-0.2, 0) is 16.0 Å². The first-order valence-electron chi connectivity index (χ1n) is 10.4. The lowest BCUT2D eigenvalue weighted by atomic mass is 9.57. The molecule has 1 aliphatic carbocycles. The quantitative estimate of drug-likeness (QED) is 0.386. The molecule has 0 radical (unpaired) electrons.